The number of carbonyl (C=O) groups is 1. The molecule has 1 fully saturated rings. The number of amides is 2. The van der Waals surface area contributed by atoms with Crippen LogP contribution in [0, 0.1) is 5.82 Å². The molecule has 0 aliphatic carbocycles. The molecule has 1 aromatic carbocycles. The molecule has 2 amide bonds. The number of para-hydroxylation sites is 1. The number of aryl methyl sites for hydroxylation is 1. The van der Waals surface area contributed by atoms with E-state index in [0.29, 0.717) is 25.6 Å². The van der Waals surface area contributed by atoms with E-state index in [1.165, 1.54) is 11.8 Å². The lowest BCUT2D eigenvalue weighted by atomic mass is 9.93. The number of rotatable bonds is 4. The van der Waals surface area contributed by atoms with Crippen molar-refractivity contribution < 1.29 is 13.9 Å². The average molecular weight is 400 g/mol. The number of carbonyl (C=O) groups excluding carboxylic acids is 1. The number of nitrogens with zero attached hydrogens (tertiary/aromatic N) is 3. The van der Waals surface area contributed by atoms with Crippen LogP contribution in [0.2, 0.25) is 0 Å². The van der Waals surface area contributed by atoms with Gasteiger partial charge in [-0.2, -0.15) is 5.10 Å². The van der Waals surface area contributed by atoms with E-state index in [1.54, 1.807) is 6.07 Å². The van der Waals surface area contributed by atoms with Gasteiger partial charge in [0.2, 0.25) is 0 Å². The van der Waals surface area contributed by atoms with Crippen LogP contribution in [0.5, 0.6) is 5.75 Å². The lowest BCUT2D eigenvalue weighted by Gasteiger charge is -2.33. The van der Waals surface area contributed by atoms with Crippen LogP contribution in [-0.4, -0.2) is 40.4 Å². The molecule has 156 valence electrons. The third-order valence-electron chi connectivity index (χ3n) is 5.94. The highest BCUT2D eigenvalue weighted by Gasteiger charge is 2.29. The van der Waals surface area contributed by atoms with Gasteiger partial charge in [-0.05, 0) is 44.2 Å². The van der Waals surface area contributed by atoms with Crippen molar-refractivity contribution in [2.45, 2.75) is 57.5 Å². The fourth-order valence-corrected chi connectivity index (χ4v) is 4.43. The number of benzene rings is 1. The summed E-state index contributed by atoms with van der Waals surface area (Å²) in [5.41, 5.74) is 2.01. The Kier molecular flexibility index (Phi) is 6.02. The summed E-state index contributed by atoms with van der Waals surface area (Å²) in [6, 6.07) is 6.72. The predicted octanol–water partition coefficient (Wildman–Crippen LogP) is 4.24. The quantitative estimate of drug-likeness (QED) is 0.835. The summed E-state index contributed by atoms with van der Waals surface area (Å²) in [5.74, 6) is 0.348. The first-order valence-corrected chi connectivity index (χ1v) is 10.7. The van der Waals surface area contributed by atoms with Crippen molar-refractivity contribution in [1.82, 2.24) is 20.0 Å². The zero-order valence-electron chi connectivity index (χ0n) is 16.9. The maximum Gasteiger partial charge on any atom is 0.317 e. The summed E-state index contributed by atoms with van der Waals surface area (Å²) in [6.45, 7) is 4.99. The van der Waals surface area contributed by atoms with Crippen LogP contribution in [0.3, 0.4) is 0 Å². The first-order chi connectivity index (χ1) is 14.2. The number of ether oxygens (including phenoxy) is 1. The van der Waals surface area contributed by atoms with Crippen LogP contribution in [0.15, 0.2) is 30.5 Å². The number of nitrogens with one attached hydrogen (secondary N) is 1. The molecule has 1 N–H and O–H groups in total. The first-order valence-electron chi connectivity index (χ1n) is 10.7. The van der Waals surface area contributed by atoms with E-state index in [4.69, 9.17) is 4.74 Å². The monoisotopic (exact) mass is 400 g/mol. The van der Waals surface area contributed by atoms with Gasteiger partial charge in [0.25, 0.3) is 0 Å². The van der Waals surface area contributed by atoms with Crippen molar-refractivity contribution in [2.75, 3.05) is 19.7 Å². The van der Waals surface area contributed by atoms with Gasteiger partial charge in [-0.1, -0.05) is 19.1 Å². The van der Waals surface area contributed by atoms with Gasteiger partial charge in [0, 0.05) is 43.0 Å². The Bertz CT molecular complexity index is 845. The Balaban J connectivity index is 1.38. The summed E-state index contributed by atoms with van der Waals surface area (Å²) in [6.07, 6.45) is 6.32. The van der Waals surface area contributed by atoms with Crippen molar-refractivity contribution in [3.63, 3.8) is 0 Å². The predicted molar refractivity (Wildman–Crippen MR) is 108 cm³/mol. The number of aromatic nitrogens is 2. The fourth-order valence-electron chi connectivity index (χ4n) is 4.43. The smallest absolute Gasteiger partial charge is 0.317 e. The zero-order chi connectivity index (χ0) is 20.2. The normalized spacial score (nSPS) is 19.9. The van der Waals surface area contributed by atoms with Crippen LogP contribution in [0.4, 0.5) is 9.18 Å². The van der Waals surface area contributed by atoms with E-state index in [9.17, 15) is 9.18 Å². The fraction of sp³-hybridized carbons (Fsp3) is 0.545. The van der Waals surface area contributed by atoms with E-state index in [2.05, 4.69) is 28.1 Å². The van der Waals surface area contributed by atoms with Gasteiger partial charge in [0.1, 0.15) is 0 Å². The molecule has 1 saturated heterocycles. The summed E-state index contributed by atoms with van der Waals surface area (Å²) in [5, 5.41) is 7.55. The molecule has 0 saturated carbocycles. The maximum absolute atomic E-state index is 14.1. The first kappa shape index (κ1) is 19.7. The van der Waals surface area contributed by atoms with Gasteiger partial charge in [-0.15, -0.1) is 0 Å². The van der Waals surface area contributed by atoms with Crippen LogP contribution in [-0.2, 0) is 6.54 Å². The standard InChI is InChI=1S/C22H29FN4O2/c1-2-12-27-20(8-11-24-27)16-9-13-26(14-10-16)22(28)25-19-7-4-15-29-21-17(19)5-3-6-18(21)23/h3,5-6,8,11,16,19H,2,4,7,9-10,12-15H2,1H3,(H,25,28). The summed E-state index contributed by atoms with van der Waals surface area (Å²) in [4.78, 5) is 14.8. The minimum atomic E-state index is -0.367. The van der Waals surface area contributed by atoms with Gasteiger partial charge in [0.15, 0.2) is 11.6 Å². The van der Waals surface area contributed by atoms with Crippen molar-refractivity contribution in [2.24, 2.45) is 0 Å². The number of piperidine rings is 1. The molecule has 7 heteroatoms. The van der Waals surface area contributed by atoms with Gasteiger partial charge in [-0.25, -0.2) is 9.18 Å². The Morgan fingerprint density at radius 3 is 2.90 bits per heavy atom. The molecule has 0 bridgehead atoms. The highest BCUT2D eigenvalue weighted by atomic mass is 19.1. The Hall–Kier alpha value is -2.57. The number of urea groups is 1. The van der Waals surface area contributed by atoms with Crippen LogP contribution in [0.1, 0.15) is 62.2 Å². The lowest BCUT2D eigenvalue weighted by Crippen LogP contribution is -2.45. The zero-order valence-corrected chi connectivity index (χ0v) is 16.9. The number of halogens is 1. The SMILES string of the molecule is CCCn1nccc1C1CCN(C(=O)NC2CCCOc3c(F)cccc32)CC1. The average Bonchev–Trinajstić information content (AvgIpc) is 3.09. The topological polar surface area (TPSA) is 59.4 Å². The third-order valence-corrected chi connectivity index (χ3v) is 5.94. The Morgan fingerprint density at radius 2 is 2.10 bits per heavy atom. The molecule has 3 heterocycles. The van der Waals surface area contributed by atoms with E-state index in [1.807, 2.05) is 17.2 Å². The van der Waals surface area contributed by atoms with Crippen molar-refractivity contribution in [3.8, 4) is 5.75 Å². The van der Waals surface area contributed by atoms with E-state index in [-0.39, 0.29) is 23.6 Å². The van der Waals surface area contributed by atoms with Crippen molar-refractivity contribution in [1.29, 1.82) is 0 Å². The molecule has 0 radical (unpaired) electrons. The second-order valence-electron chi connectivity index (χ2n) is 7.89. The number of fused-ring (bicyclic) bond motifs is 1. The molecule has 6 nitrogen and oxygen atoms in total. The number of hydrogen-bond donors (Lipinski definition) is 1. The third kappa shape index (κ3) is 4.23. The molecule has 0 spiro atoms. The molecule has 1 atom stereocenters. The molecule has 2 aliphatic heterocycles. The van der Waals surface area contributed by atoms with Crippen molar-refractivity contribution >= 4 is 6.03 Å². The van der Waals surface area contributed by atoms with Gasteiger partial charge in [-0.3, -0.25) is 4.68 Å². The minimum Gasteiger partial charge on any atom is -0.490 e. The highest BCUT2D eigenvalue weighted by molar-refractivity contribution is 5.75. The van der Waals surface area contributed by atoms with E-state index in [0.717, 1.165) is 44.2 Å². The summed E-state index contributed by atoms with van der Waals surface area (Å²) >= 11 is 0. The van der Waals surface area contributed by atoms with Crippen LogP contribution >= 0.6 is 0 Å². The molecule has 4 rings (SSSR count). The second-order valence-corrected chi connectivity index (χ2v) is 7.89. The minimum absolute atomic E-state index is 0.0763. The molecule has 1 unspecified atom stereocenters. The van der Waals surface area contributed by atoms with Crippen LogP contribution in [0.25, 0.3) is 0 Å². The summed E-state index contributed by atoms with van der Waals surface area (Å²) in [7, 11) is 0. The summed E-state index contributed by atoms with van der Waals surface area (Å²) < 4.78 is 21.8. The Morgan fingerprint density at radius 1 is 1.28 bits per heavy atom. The molecule has 2 aliphatic rings. The van der Waals surface area contributed by atoms with E-state index < -0.39 is 0 Å². The second kappa shape index (κ2) is 8.84. The number of likely N-dealkylation sites (tertiary alicyclic amines) is 1. The van der Waals surface area contributed by atoms with Gasteiger partial charge in [0.05, 0.1) is 12.6 Å². The number of hydrogen-bond acceptors (Lipinski definition) is 3. The maximum atomic E-state index is 14.1. The van der Waals surface area contributed by atoms with Gasteiger partial charge >= 0.3 is 6.03 Å². The highest BCUT2D eigenvalue weighted by Crippen LogP contribution is 2.34. The Labute approximate surface area is 171 Å². The van der Waals surface area contributed by atoms with Crippen molar-refractivity contribution in [3.05, 3.63) is 47.5 Å². The molecular formula is C22H29FN4O2. The molecule has 2 aromatic rings. The van der Waals surface area contributed by atoms with E-state index >= 15 is 0 Å². The molecule has 29 heavy (non-hydrogen) atoms. The largest absolute Gasteiger partial charge is 0.490 e. The van der Waals surface area contributed by atoms with Gasteiger partial charge < -0.3 is 15.0 Å². The molecule has 1 aromatic heterocycles. The van der Waals surface area contributed by atoms with Crippen LogP contribution < -0.4 is 10.1 Å². The lowest BCUT2D eigenvalue weighted by molar-refractivity contribution is 0.176. The molecular weight excluding hydrogens is 371 g/mol.